The molecule has 0 saturated carbocycles. The summed E-state index contributed by atoms with van der Waals surface area (Å²) in [6.07, 6.45) is 0.425. The van der Waals surface area contributed by atoms with Crippen molar-refractivity contribution in [3.63, 3.8) is 0 Å². The third kappa shape index (κ3) is 3.00. The number of hydrogen-bond donors (Lipinski definition) is 1. The smallest absolute Gasteiger partial charge is 0.165 e. The van der Waals surface area contributed by atoms with Crippen molar-refractivity contribution in [1.29, 1.82) is 0 Å². The summed E-state index contributed by atoms with van der Waals surface area (Å²) in [6.45, 7) is 3.38. The molecule has 0 aliphatic carbocycles. The summed E-state index contributed by atoms with van der Waals surface area (Å²) in [5.41, 5.74) is -0.0584. The molecule has 0 bridgehead atoms. The van der Waals surface area contributed by atoms with E-state index in [1.165, 1.54) is 13.2 Å². The second-order valence-electron chi connectivity index (χ2n) is 3.96. The summed E-state index contributed by atoms with van der Waals surface area (Å²) in [7, 11) is 1.42. The fourth-order valence-corrected chi connectivity index (χ4v) is 1.32. The number of rotatable bonds is 3. The first-order chi connectivity index (χ1) is 6.42. The third-order valence-electron chi connectivity index (χ3n) is 1.85. The molecule has 1 aromatic carbocycles. The van der Waals surface area contributed by atoms with Crippen molar-refractivity contribution in [2.24, 2.45) is 0 Å². The van der Waals surface area contributed by atoms with Gasteiger partial charge in [-0.15, -0.1) is 0 Å². The number of hydrogen-bond acceptors (Lipinski definition) is 2. The molecule has 0 aromatic heterocycles. The van der Waals surface area contributed by atoms with E-state index in [9.17, 15) is 9.50 Å². The van der Waals surface area contributed by atoms with Crippen LogP contribution in [0.3, 0.4) is 0 Å². The predicted molar refractivity (Wildman–Crippen MR) is 53.0 cm³/mol. The van der Waals surface area contributed by atoms with Gasteiger partial charge in [-0.25, -0.2) is 4.39 Å². The monoisotopic (exact) mass is 198 g/mol. The Labute approximate surface area is 83.3 Å². The molecule has 0 spiro atoms. The molecular weight excluding hydrogens is 183 g/mol. The van der Waals surface area contributed by atoms with Crippen LogP contribution in [0, 0.1) is 5.82 Å². The van der Waals surface area contributed by atoms with E-state index >= 15 is 0 Å². The van der Waals surface area contributed by atoms with Gasteiger partial charge in [0.25, 0.3) is 0 Å². The average Bonchev–Trinajstić information content (AvgIpc) is 2.01. The van der Waals surface area contributed by atoms with Gasteiger partial charge < -0.3 is 9.84 Å². The van der Waals surface area contributed by atoms with Crippen LogP contribution in [0.15, 0.2) is 18.2 Å². The van der Waals surface area contributed by atoms with E-state index in [1.807, 2.05) is 0 Å². The Morgan fingerprint density at radius 1 is 1.43 bits per heavy atom. The highest BCUT2D eigenvalue weighted by molar-refractivity contribution is 5.29. The quantitative estimate of drug-likeness (QED) is 0.806. The Kier molecular flexibility index (Phi) is 3.11. The highest BCUT2D eigenvalue weighted by Crippen LogP contribution is 2.20. The topological polar surface area (TPSA) is 29.5 Å². The lowest BCUT2D eigenvalue weighted by atomic mass is 9.99. The molecule has 0 amide bonds. The molecule has 0 fully saturated rings. The van der Waals surface area contributed by atoms with Crippen LogP contribution in [0.2, 0.25) is 0 Å². The minimum Gasteiger partial charge on any atom is -0.494 e. The zero-order valence-electron chi connectivity index (χ0n) is 8.67. The Morgan fingerprint density at radius 2 is 2.07 bits per heavy atom. The fourth-order valence-electron chi connectivity index (χ4n) is 1.32. The molecule has 0 saturated heterocycles. The second-order valence-corrected chi connectivity index (χ2v) is 3.96. The summed E-state index contributed by atoms with van der Waals surface area (Å²) in [5.74, 6) is -0.168. The van der Waals surface area contributed by atoms with E-state index in [-0.39, 0.29) is 5.75 Å². The van der Waals surface area contributed by atoms with E-state index in [4.69, 9.17) is 4.74 Å². The normalized spacial score (nSPS) is 11.5. The molecule has 78 valence electrons. The zero-order chi connectivity index (χ0) is 10.8. The summed E-state index contributed by atoms with van der Waals surface area (Å²) < 4.78 is 18.0. The van der Waals surface area contributed by atoms with Crippen molar-refractivity contribution in [3.05, 3.63) is 29.6 Å². The van der Waals surface area contributed by atoms with Crippen molar-refractivity contribution in [2.75, 3.05) is 7.11 Å². The van der Waals surface area contributed by atoms with Gasteiger partial charge in [0.1, 0.15) is 0 Å². The lowest BCUT2D eigenvalue weighted by Crippen LogP contribution is -2.21. The van der Waals surface area contributed by atoms with Gasteiger partial charge in [0.05, 0.1) is 12.7 Å². The van der Waals surface area contributed by atoms with Crippen LogP contribution in [0.5, 0.6) is 5.75 Å². The van der Waals surface area contributed by atoms with Crippen LogP contribution in [0.4, 0.5) is 4.39 Å². The van der Waals surface area contributed by atoms with Crippen molar-refractivity contribution < 1.29 is 14.2 Å². The first kappa shape index (κ1) is 11.0. The van der Waals surface area contributed by atoms with Crippen molar-refractivity contribution >= 4 is 0 Å². The second kappa shape index (κ2) is 3.96. The van der Waals surface area contributed by atoms with E-state index in [0.717, 1.165) is 5.56 Å². The van der Waals surface area contributed by atoms with Gasteiger partial charge in [0, 0.05) is 6.42 Å². The van der Waals surface area contributed by atoms with Crippen molar-refractivity contribution in [2.45, 2.75) is 25.9 Å². The largest absolute Gasteiger partial charge is 0.494 e. The molecule has 0 radical (unpaired) electrons. The van der Waals surface area contributed by atoms with Crippen molar-refractivity contribution in [1.82, 2.24) is 0 Å². The van der Waals surface area contributed by atoms with Crippen LogP contribution >= 0.6 is 0 Å². The Bertz CT molecular complexity index is 316. The molecule has 1 aromatic rings. The van der Waals surface area contributed by atoms with Crippen molar-refractivity contribution in [3.8, 4) is 5.75 Å². The highest BCUT2D eigenvalue weighted by atomic mass is 19.1. The molecule has 1 rings (SSSR count). The lowest BCUT2D eigenvalue weighted by molar-refractivity contribution is 0.0809. The maximum Gasteiger partial charge on any atom is 0.165 e. The van der Waals surface area contributed by atoms with Crippen LogP contribution in [0.1, 0.15) is 19.4 Å². The fraction of sp³-hybridized carbons (Fsp3) is 0.455. The summed E-state index contributed by atoms with van der Waals surface area (Å²) in [4.78, 5) is 0. The molecule has 0 unspecified atom stereocenters. The van der Waals surface area contributed by atoms with Crippen LogP contribution < -0.4 is 4.74 Å². The van der Waals surface area contributed by atoms with Gasteiger partial charge in [-0.05, 0) is 31.5 Å². The van der Waals surface area contributed by atoms with E-state index in [1.54, 1.807) is 26.0 Å². The predicted octanol–water partition coefficient (Wildman–Crippen LogP) is 2.15. The lowest BCUT2D eigenvalue weighted by Gasteiger charge is -2.17. The van der Waals surface area contributed by atoms with E-state index < -0.39 is 11.4 Å². The summed E-state index contributed by atoms with van der Waals surface area (Å²) >= 11 is 0. The molecule has 0 aliphatic rings. The minimum absolute atomic E-state index is 0.226. The maximum absolute atomic E-state index is 13.2. The minimum atomic E-state index is -0.818. The number of halogens is 1. The molecule has 1 N–H and O–H groups in total. The Hall–Kier alpha value is -1.09. The Morgan fingerprint density at radius 3 is 2.50 bits per heavy atom. The van der Waals surface area contributed by atoms with Crippen LogP contribution in [0.25, 0.3) is 0 Å². The van der Waals surface area contributed by atoms with Gasteiger partial charge in [0.2, 0.25) is 0 Å². The first-order valence-electron chi connectivity index (χ1n) is 4.47. The molecular formula is C11H15FO2. The zero-order valence-corrected chi connectivity index (χ0v) is 8.67. The summed E-state index contributed by atoms with van der Waals surface area (Å²) in [5, 5.41) is 9.53. The standard InChI is InChI=1S/C11H15FO2/c1-11(2,13)7-8-4-5-10(14-3)9(12)6-8/h4-6,13H,7H2,1-3H3. The molecule has 0 heterocycles. The number of aliphatic hydroxyl groups is 1. The molecule has 0 aliphatic heterocycles. The molecule has 14 heavy (non-hydrogen) atoms. The Balaban J connectivity index is 2.87. The van der Waals surface area contributed by atoms with Crippen LogP contribution in [-0.4, -0.2) is 17.8 Å². The van der Waals surface area contributed by atoms with Gasteiger partial charge >= 0.3 is 0 Å². The molecule has 0 atom stereocenters. The maximum atomic E-state index is 13.2. The number of ether oxygens (including phenoxy) is 1. The van der Waals surface area contributed by atoms with Crippen LogP contribution in [-0.2, 0) is 6.42 Å². The molecule has 3 heteroatoms. The SMILES string of the molecule is COc1ccc(CC(C)(C)O)cc1F. The third-order valence-corrected chi connectivity index (χ3v) is 1.85. The first-order valence-corrected chi connectivity index (χ1v) is 4.47. The van der Waals surface area contributed by atoms with Gasteiger partial charge in [-0.2, -0.15) is 0 Å². The molecule has 2 nitrogen and oxygen atoms in total. The highest BCUT2D eigenvalue weighted by Gasteiger charge is 2.14. The summed E-state index contributed by atoms with van der Waals surface area (Å²) in [6, 6.07) is 4.70. The van der Waals surface area contributed by atoms with E-state index in [0.29, 0.717) is 6.42 Å². The van der Waals surface area contributed by atoms with Gasteiger partial charge in [-0.1, -0.05) is 6.07 Å². The number of methoxy groups -OCH3 is 1. The number of benzene rings is 1. The van der Waals surface area contributed by atoms with Gasteiger partial charge in [0.15, 0.2) is 11.6 Å². The van der Waals surface area contributed by atoms with Gasteiger partial charge in [-0.3, -0.25) is 0 Å². The average molecular weight is 198 g/mol. The van der Waals surface area contributed by atoms with E-state index in [2.05, 4.69) is 0 Å².